The first kappa shape index (κ1) is 18.6. The number of aromatic nitrogens is 3. The Morgan fingerprint density at radius 1 is 1.32 bits per heavy atom. The SMILES string of the molecule is CCCn1cnc2sc(C(=O)Nc3nc4ccc(OC)cc4s3)c(C)c2c1=O. The maximum Gasteiger partial charge on any atom is 0.267 e. The van der Waals surface area contributed by atoms with E-state index in [2.05, 4.69) is 15.3 Å². The minimum absolute atomic E-state index is 0.105. The molecule has 3 aromatic heterocycles. The lowest BCUT2D eigenvalue weighted by atomic mass is 10.2. The molecule has 0 spiro atoms. The van der Waals surface area contributed by atoms with Crippen molar-refractivity contribution in [3.05, 3.63) is 45.3 Å². The zero-order chi connectivity index (χ0) is 19.8. The topological polar surface area (TPSA) is 86.1 Å². The summed E-state index contributed by atoms with van der Waals surface area (Å²) in [5.74, 6) is 0.455. The van der Waals surface area contributed by atoms with E-state index in [4.69, 9.17) is 4.74 Å². The van der Waals surface area contributed by atoms with Gasteiger partial charge in [-0.25, -0.2) is 9.97 Å². The number of ether oxygens (including phenoxy) is 1. The van der Waals surface area contributed by atoms with Crippen LogP contribution in [0.3, 0.4) is 0 Å². The largest absolute Gasteiger partial charge is 0.497 e. The average molecular weight is 415 g/mol. The molecule has 1 amide bonds. The molecule has 0 saturated carbocycles. The van der Waals surface area contributed by atoms with Crippen LogP contribution in [0.5, 0.6) is 5.75 Å². The molecule has 1 N–H and O–H groups in total. The fourth-order valence-corrected chi connectivity index (χ4v) is 4.94. The van der Waals surface area contributed by atoms with Crippen LogP contribution >= 0.6 is 22.7 Å². The van der Waals surface area contributed by atoms with Crippen LogP contribution in [0.4, 0.5) is 5.13 Å². The van der Waals surface area contributed by atoms with Crippen LogP contribution in [0.1, 0.15) is 28.6 Å². The van der Waals surface area contributed by atoms with Gasteiger partial charge in [0.25, 0.3) is 11.5 Å². The third-order valence-electron chi connectivity index (χ3n) is 4.40. The molecule has 0 bridgehead atoms. The Labute approximate surface area is 168 Å². The molecular formula is C19H18N4O3S2. The van der Waals surface area contributed by atoms with Crippen molar-refractivity contribution in [1.29, 1.82) is 0 Å². The monoisotopic (exact) mass is 414 g/mol. The van der Waals surface area contributed by atoms with E-state index in [-0.39, 0.29) is 11.5 Å². The Kier molecular flexibility index (Phi) is 4.86. The lowest BCUT2D eigenvalue weighted by Gasteiger charge is -2.02. The van der Waals surface area contributed by atoms with Gasteiger partial charge < -0.3 is 4.74 Å². The maximum absolute atomic E-state index is 12.8. The van der Waals surface area contributed by atoms with Crippen LogP contribution in [0.15, 0.2) is 29.3 Å². The first-order valence-electron chi connectivity index (χ1n) is 8.76. The van der Waals surface area contributed by atoms with Gasteiger partial charge in [0.1, 0.15) is 10.6 Å². The number of hydrogen-bond donors (Lipinski definition) is 1. The third kappa shape index (κ3) is 3.16. The number of amides is 1. The number of nitrogens with zero attached hydrogens (tertiary/aromatic N) is 3. The van der Waals surface area contributed by atoms with Crippen molar-refractivity contribution in [3.8, 4) is 5.75 Å². The van der Waals surface area contributed by atoms with E-state index >= 15 is 0 Å². The number of anilines is 1. The summed E-state index contributed by atoms with van der Waals surface area (Å²) >= 11 is 2.60. The number of carbonyl (C=O) groups excluding carboxylic acids is 1. The van der Waals surface area contributed by atoms with Crippen molar-refractivity contribution in [3.63, 3.8) is 0 Å². The normalized spacial score (nSPS) is 11.2. The quantitative estimate of drug-likeness (QED) is 0.532. The Bertz CT molecular complexity index is 1260. The second-order valence-electron chi connectivity index (χ2n) is 6.29. The number of thiophene rings is 1. The molecule has 4 rings (SSSR count). The molecule has 1 aromatic carbocycles. The molecule has 0 radical (unpaired) electrons. The second kappa shape index (κ2) is 7.33. The lowest BCUT2D eigenvalue weighted by Crippen LogP contribution is -2.20. The molecule has 0 unspecified atom stereocenters. The van der Waals surface area contributed by atoms with E-state index in [0.29, 0.717) is 32.3 Å². The highest BCUT2D eigenvalue weighted by molar-refractivity contribution is 7.23. The van der Waals surface area contributed by atoms with Gasteiger partial charge in [0.15, 0.2) is 5.13 Å². The number of methoxy groups -OCH3 is 1. The molecule has 7 nitrogen and oxygen atoms in total. The molecule has 4 aromatic rings. The van der Waals surface area contributed by atoms with Crippen LogP contribution in [0, 0.1) is 6.92 Å². The van der Waals surface area contributed by atoms with Gasteiger partial charge in [0.05, 0.1) is 33.9 Å². The van der Waals surface area contributed by atoms with Crippen LogP contribution in [0.2, 0.25) is 0 Å². The number of rotatable bonds is 5. The highest BCUT2D eigenvalue weighted by Gasteiger charge is 2.20. The van der Waals surface area contributed by atoms with Gasteiger partial charge in [-0.2, -0.15) is 0 Å². The fourth-order valence-electron chi connectivity index (χ4n) is 3.02. The van der Waals surface area contributed by atoms with Crippen LogP contribution in [0.25, 0.3) is 20.4 Å². The highest BCUT2D eigenvalue weighted by Crippen LogP contribution is 2.31. The summed E-state index contributed by atoms with van der Waals surface area (Å²) in [7, 11) is 1.61. The second-order valence-corrected chi connectivity index (χ2v) is 8.32. The first-order valence-corrected chi connectivity index (χ1v) is 10.4. The third-order valence-corrected chi connectivity index (χ3v) is 6.54. The highest BCUT2D eigenvalue weighted by atomic mass is 32.1. The number of aryl methyl sites for hydroxylation is 2. The van der Waals surface area contributed by atoms with E-state index in [1.807, 2.05) is 25.1 Å². The number of hydrogen-bond acceptors (Lipinski definition) is 7. The van der Waals surface area contributed by atoms with Crippen LogP contribution < -0.4 is 15.6 Å². The predicted molar refractivity (Wildman–Crippen MR) is 113 cm³/mol. The fraction of sp³-hybridized carbons (Fsp3) is 0.263. The summed E-state index contributed by atoms with van der Waals surface area (Å²) in [6.07, 6.45) is 2.39. The molecule has 3 heterocycles. The molecule has 0 aliphatic carbocycles. The zero-order valence-corrected chi connectivity index (χ0v) is 17.2. The summed E-state index contributed by atoms with van der Waals surface area (Å²) in [4.78, 5) is 35.4. The van der Waals surface area contributed by atoms with E-state index in [1.165, 1.54) is 22.7 Å². The van der Waals surface area contributed by atoms with Crippen LogP contribution in [-0.2, 0) is 6.54 Å². The van der Waals surface area contributed by atoms with Crippen LogP contribution in [-0.4, -0.2) is 27.6 Å². The molecule has 0 saturated heterocycles. The molecule has 28 heavy (non-hydrogen) atoms. The molecule has 0 atom stereocenters. The summed E-state index contributed by atoms with van der Waals surface area (Å²) in [5, 5.41) is 3.86. The maximum atomic E-state index is 12.8. The number of nitrogens with one attached hydrogen (secondary N) is 1. The molecule has 9 heteroatoms. The van der Waals surface area contributed by atoms with Gasteiger partial charge in [0.2, 0.25) is 0 Å². The minimum Gasteiger partial charge on any atom is -0.497 e. The van der Waals surface area contributed by atoms with Crippen molar-refractivity contribution in [1.82, 2.24) is 14.5 Å². The molecule has 144 valence electrons. The van der Waals surface area contributed by atoms with Crippen molar-refractivity contribution in [2.45, 2.75) is 26.8 Å². The van der Waals surface area contributed by atoms with E-state index in [9.17, 15) is 9.59 Å². The summed E-state index contributed by atoms with van der Waals surface area (Å²) in [6.45, 7) is 4.40. The molecular weight excluding hydrogens is 396 g/mol. The number of benzene rings is 1. The zero-order valence-electron chi connectivity index (χ0n) is 15.6. The van der Waals surface area contributed by atoms with E-state index < -0.39 is 0 Å². The average Bonchev–Trinajstić information content (AvgIpc) is 3.24. The van der Waals surface area contributed by atoms with Crippen molar-refractivity contribution in [2.75, 3.05) is 12.4 Å². The number of fused-ring (bicyclic) bond motifs is 2. The van der Waals surface area contributed by atoms with Crippen molar-refractivity contribution < 1.29 is 9.53 Å². The standard InChI is InChI=1S/C19H18N4O3S2/c1-4-7-23-9-20-17-14(18(23)25)10(2)15(28-17)16(24)22-19-21-12-6-5-11(26-3)8-13(12)27-19/h5-6,8-9H,4,7H2,1-3H3,(H,21,22,24). The number of thiazole rings is 1. The Morgan fingerprint density at radius 3 is 2.89 bits per heavy atom. The van der Waals surface area contributed by atoms with Gasteiger partial charge in [-0.05, 0) is 37.1 Å². The van der Waals surface area contributed by atoms with Gasteiger partial charge in [-0.3, -0.25) is 19.5 Å². The molecule has 0 fully saturated rings. The van der Waals surface area contributed by atoms with Gasteiger partial charge >= 0.3 is 0 Å². The van der Waals surface area contributed by atoms with Crippen molar-refractivity contribution >= 4 is 54.1 Å². The Balaban J connectivity index is 1.68. The lowest BCUT2D eigenvalue weighted by molar-refractivity contribution is 0.103. The molecule has 0 aliphatic rings. The van der Waals surface area contributed by atoms with Crippen molar-refractivity contribution in [2.24, 2.45) is 0 Å². The van der Waals surface area contributed by atoms with Gasteiger partial charge in [-0.15, -0.1) is 11.3 Å². The van der Waals surface area contributed by atoms with E-state index in [1.54, 1.807) is 24.9 Å². The smallest absolute Gasteiger partial charge is 0.267 e. The first-order chi connectivity index (χ1) is 13.5. The number of carbonyl (C=O) groups is 1. The predicted octanol–water partition coefficient (Wildman–Crippen LogP) is 4.05. The van der Waals surface area contributed by atoms with Gasteiger partial charge in [0, 0.05) is 6.54 Å². The Hall–Kier alpha value is -2.78. The summed E-state index contributed by atoms with van der Waals surface area (Å²) in [6, 6.07) is 5.56. The summed E-state index contributed by atoms with van der Waals surface area (Å²) < 4.78 is 7.74. The molecule has 0 aliphatic heterocycles. The minimum atomic E-state index is -0.284. The Morgan fingerprint density at radius 2 is 2.14 bits per heavy atom. The summed E-state index contributed by atoms with van der Waals surface area (Å²) in [5.41, 5.74) is 1.34. The van der Waals surface area contributed by atoms with Gasteiger partial charge in [-0.1, -0.05) is 18.3 Å². The van der Waals surface area contributed by atoms with E-state index in [0.717, 1.165) is 22.4 Å².